The Hall–Kier alpha value is -2.18. The highest BCUT2D eigenvalue weighted by Crippen LogP contribution is 2.17. The van der Waals surface area contributed by atoms with Gasteiger partial charge in [0.2, 0.25) is 5.91 Å². The molecule has 0 aliphatic heterocycles. The maximum absolute atomic E-state index is 12.5. The number of aliphatic hydroxyl groups is 2. The Morgan fingerprint density at radius 1 is 0.406 bits per heavy atom. The van der Waals surface area contributed by atoms with Gasteiger partial charge in [-0.05, 0) is 83.5 Å². The van der Waals surface area contributed by atoms with Crippen molar-refractivity contribution in [3.8, 4) is 0 Å². The topological polar surface area (TPSA) is 95.9 Å². The summed E-state index contributed by atoms with van der Waals surface area (Å²) in [5.41, 5.74) is 0. The Kier molecular flexibility index (Phi) is 56.5. The van der Waals surface area contributed by atoms with Gasteiger partial charge in [0.1, 0.15) is 0 Å². The molecule has 0 saturated carbocycles. The van der Waals surface area contributed by atoms with E-state index in [0.29, 0.717) is 19.4 Å². The molecule has 0 saturated heterocycles. The molecular weight excluding hydrogens is 851 g/mol. The van der Waals surface area contributed by atoms with E-state index in [-0.39, 0.29) is 18.5 Å². The van der Waals surface area contributed by atoms with Crippen LogP contribution in [-0.2, 0) is 14.3 Å². The normalized spacial score (nSPS) is 12.9. The van der Waals surface area contributed by atoms with E-state index in [1.54, 1.807) is 6.08 Å². The average Bonchev–Trinajstić information content (AvgIpc) is 3.35. The van der Waals surface area contributed by atoms with Crippen LogP contribution in [0.3, 0.4) is 0 Å². The number of unbranched alkanes of at least 4 members (excludes halogenated alkanes) is 39. The maximum Gasteiger partial charge on any atom is 0.305 e. The minimum absolute atomic E-state index is 0.0183. The molecule has 3 N–H and O–H groups in total. The Morgan fingerprint density at radius 2 is 0.754 bits per heavy atom. The van der Waals surface area contributed by atoms with Gasteiger partial charge < -0.3 is 20.3 Å². The van der Waals surface area contributed by atoms with Crippen LogP contribution >= 0.6 is 0 Å². The number of esters is 1. The van der Waals surface area contributed by atoms with Crippen LogP contribution in [-0.4, -0.2) is 47.4 Å². The zero-order valence-corrected chi connectivity index (χ0v) is 46.0. The first-order chi connectivity index (χ1) is 34.0. The van der Waals surface area contributed by atoms with Crippen LogP contribution in [0.2, 0.25) is 0 Å². The molecule has 6 nitrogen and oxygen atoms in total. The van der Waals surface area contributed by atoms with Gasteiger partial charge in [-0.25, -0.2) is 0 Å². The molecule has 0 aliphatic carbocycles. The number of aliphatic hydroxyl groups excluding tert-OH is 2. The summed E-state index contributed by atoms with van der Waals surface area (Å²) < 4.78 is 5.45. The van der Waals surface area contributed by atoms with Crippen molar-refractivity contribution < 1.29 is 24.5 Å². The molecule has 2 atom stereocenters. The Labute approximate surface area is 429 Å². The first kappa shape index (κ1) is 66.8. The molecule has 0 spiro atoms. The third-order valence-electron chi connectivity index (χ3n) is 13.8. The average molecular weight is 969 g/mol. The van der Waals surface area contributed by atoms with Crippen LogP contribution < -0.4 is 5.32 Å². The molecule has 0 aromatic carbocycles. The second kappa shape index (κ2) is 58.4. The van der Waals surface area contributed by atoms with Gasteiger partial charge in [0, 0.05) is 12.8 Å². The third-order valence-corrected chi connectivity index (χ3v) is 13.8. The quantitative estimate of drug-likeness (QED) is 0.0321. The van der Waals surface area contributed by atoms with Gasteiger partial charge >= 0.3 is 5.97 Å². The SMILES string of the molecule is CCC/C=C\C/C=C\CCCCCCCC(=O)OCCCCCCCC/C=C\CCCCCCCCCC(=O)NC(CO)C(O)/C=C/CCCCCCCCCCCCCCCCCCCCCC. The molecule has 0 bridgehead atoms. The predicted octanol–water partition coefficient (Wildman–Crippen LogP) is 19.0. The fourth-order valence-electron chi connectivity index (χ4n) is 9.14. The fourth-order valence-corrected chi connectivity index (χ4v) is 9.14. The fraction of sp³-hybridized carbons (Fsp3) is 0.841. The van der Waals surface area contributed by atoms with Gasteiger partial charge in [0.15, 0.2) is 0 Å². The number of carbonyl (C=O) groups excluding carboxylic acids is 2. The van der Waals surface area contributed by atoms with Crippen LogP contribution in [0.1, 0.15) is 316 Å². The van der Waals surface area contributed by atoms with Crippen LogP contribution in [0, 0.1) is 0 Å². The monoisotopic (exact) mass is 968 g/mol. The highest BCUT2D eigenvalue weighted by Gasteiger charge is 2.18. The number of hydrogen-bond donors (Lipinski definition) is 3. The summed E-state index contributed by atoms with van der Waals surface area (Å²) in [6.45, 7) is 4.82. The number of rotatable bonds is 56. The Balaban J connectivity index is 3.50. The lowest BCUT2D eigenvalue weighted by Gasteiger charge is -2.20. The summed E-state index contributed by atoms with van der Waals surface area (Å²) in [5.74, 6) is -0.0970. The number of ether oxygens (including phenoxy) is 1. The summed E-state index contributed by atoms with van der Waals surface area (Å²) in [6.07, 6.45) is 74.3. The minimum atomic E-state index is -0.855. The molecule has 0 aliphatic rings. The van der Waals surface area contributed by atoms with Crippen molar-refractivity contribution in [2.24, 2.45) is 0 Å². The van der Waals surface area contributed by atoms with E-state index in [2.05, 4.69) is 55.6 Å². The molecule has 0 radical (unpaired) electrons. The molecule has 2 unspecified atom stereocenters. The molecule has 0 fully saturated rings. The molecule has 69 heavy (non-hydrogen) atoms. The first-order valence-corrected chi connectivity index (χ1v) is 30.4. The van der Waals surface area contributed by atoms with Crippen molar-refractivity contribution >= 4 is 11.9 Å². The lowest BCUT2D eigenvalue weighted by Crippen LogP contribution is -2.45. The molecule has 0 aromatic rings. The number of hydrogen-bond acceptors (Lipinski definition) is 5. The van der Waals surface area contributed by atoms with Crippen molar-refractivity contribution in [2.75, 3.05) is 13.2 Å². The third kappa shape index (κ3) is 55.0. The standard InChI is InChI=1S/C63H117NO5/c1-3-5-7-9-11-13-15-17-18-19-20-21-22-23-25-28-32-35-39-43-47-51-55-61(66)60(59-65)64-62(67)56-52-48-44-40-36-33-29-26-24-27-30-34-38-42-46-50-54-58-69-63(68)57-53-49-45-41-37-31-16-14-12-10-8-6-4-2/h8,10,14,16,24,27,51,55,60-61,65-66H,3-7,9,11-13,15,17-23,25-26,28-50,52-54,56-59H2,1-2H3,(H,64,67)/b10-8-,16-14-,27-24-,55-51+. The zero-order chi connectivity index (χ0) is 50.0. The van der Waals surface area contributed by atoms with E-state index < -0.39 is 12.1 Å². The van der Waals surface area contributed by atoms with Crippen LogP contribution in [0.25, 0.3) is 0 Å². The second-order valence-electron chi connectivity index (χ2n) is 20.7. The van der Waals surface area contributed by atoms with Gasteiger partial charge in [-0.1, -0.05) is 268 Å². The lowest BCUT2D eigenvalue weighted by atomic mass is 10.0. The van der Waals surface area contributed by atoms with E-state index in [1.165, 1.54) is 218 Å². The van der Waals surface area contributed by atoms with Gasteiger partial charge in [-0.2, -0.15) is 0 Å². The highest BCUT2D eigenvalue weighted by atomic mass is 16.5. The Morgan fingerprint density at radius 3 is 1.17 bits per heavy atom. The van der Waals surface area contributed by atoms with E-state index in [4.69, 9.17) is 4.74 Å². The van der Waals surface area contributed by atoms with Gasteiger partial charge in [0.25, 0.3) is 0 Å². The molecular formula is C63H117NO5. The van der Waals surface area contributed by atoms with E-state index in [1.807, 2.05) is 6.08 Å². The number of allylic oxidation sites excluding steroid dienone is 7. The highest BCUT2D eigenvalue weighted by molar-refractivity contribution is 5.76. The van der Waals surface area contributed by atoms with Crippen LogP contribution in [0.5, 0.6) is 0 Å². The summed E-state index contributed by atoms with van der Waals surface area (Å²) in [6, 6.07) is -0.639. The maximum atomic E-state index is 12.5. The van der Waals surface area contributed by atoms with E-state index >= 15 is 0 Å². The summed E-state index contributed by atoms with van der Waals surface area (Å²) in [7, 11) is 0. The molecule has 6 heteroatoms. The lowest BCUT2D eigenvalue weighted by molar-refractivity contribution is -0.143. The van der Waals surface area contributed by atoms with Crippen LogP contribution in [0.4, 0.5) is 0 Å². The van der Waals surface area contributed by atoms with Crippen molar-refractivity contribution in [3.63, 3.8) is 0 Å². The number of nitrogens with one attached hydrogen (secondary N) is 1. The predicted molar refractivity (Wildman–Crippen MR) is 301 cm³/mol. The zero-order valence-electron chi connectivity index (χ0n) is 46.0. The molecule has 404 valence electrons. The summed E-state index contributed by atoms with van der Waals surface area (Å²) >= 11 is 0. The molecule has 0 aromatic heterocycles. The number of carbonyl (C=O) groups is 2. The van der Waals surface area contributed by atoms with Gasteiger partial charge in [-0.3, -0.25) is 9.59 Å². The summed E-state index contributed by atoms with van der Waals surface area (Å²) in [4.78, 5) is 24.5. The smallest absolute Gasteiger partial charge is 0.305 e. The van der Waals surface area contributed by atoms with E-state index in [9.17, 15) is 19.8 Å². The van der Waals surface area contributed by atoms with Crippen molar-refractivity contribution in [2.45, 2.75) is 328 Å². The van der Waals surface area contributed by atoms with Gasteiger partial charge in [-0.15, -0.1) is 0 Å². The molecule has 0 heterocycles. The van der Waals surface area contributed by atoms with E-state index in [0.717, 1.165) is 70.6 Å². The van der Waals surface area contributed by atoms with Crippen LogP contribution in [0.15, 0.2) is 48.6 Å². The van der Waals surface area contributed by atoms with Crippen molar-refractivity contribution in [1.29, 1.82) is 0 Å². The summed E-state index contributed by atoms with van der Waals surface area (Å²) in [5, 5.41) is 23.2. The molecule has 0 rings (SSSR count). The van der Waals surface area contributed by atoms with Crippen molar-refractivity contribution in [1.82, 2.24) is 5.32 Å². The first-order valence-electron chi connectivity index (χ1n) is 30.4. The Bertz CT molecular complexity index is 1160. The number of amides is 1. The molecule has 1 amide bonds. The van der Waals surface area contributed by atoms with Gasteiger partial charge in [0.05, 0.1) is 25.4 Å². The minimum Gasteiger partial charge on any atom is -0.466 e. The largest absolute Gasteiger partial charge is 0.466 e. The van der Waals surface area contributed by atoms with Crippen molar-refractivity contribution in [3.05, 3.63) is 48.6 Å². The second-order valence-corrected chi connectivity index (χ2v) is 20.7.